The topological polar surface area (TPSA) is 56.8 Å². The van der Waals surface area contributed by atoms with Gasteiger partial charge in [0, 0.05) is 35.3 Å². The van der Waals surface area contributed by atoms with Gasteiger partial charge in [0.25, 0.3) is 0 Å². The Balaban J connectivity index is 1.81. The van der Waals surface area contributed by atoms with Gasteiger partial charge in [0.1, 0.15) is 17.2 Å². The summed E-state index contributed by atoms with van der Waals surface area (Å²) in [5.74, 6) is 1.64. The standard InChI is InChI=1S/C18H19Cl2NO4/c1-23-14-9-13(10-15(11-14)24-2)21-18(22)4-3-7-25-17-6-5-12(19)8-16(17)20/h5-6,8-11H,3-4,7H2,1-2H3,(H,21,22). The van der Waals surface area contributed by atoms with Crippen LogP contribution in [0.1, 0.15) is 12.8 Å². The van der Waals surface area contributed by atoms with Crippen LogP contribution in [0.15, 0.2) is 36.4 Å². The number of amides is 1. The first-order valence-electron chi connectivity index (χ1n) is 7.62. The third-order valence-electron chi connectivity index (χ3n) is 3.33. The minimum atomic E-state index is -0.124. The maximum Gasteiger partial charge on any atom is 0.224 e. The zero-order chi connectivity index (χ0) is 18.2. The predicted molar refractivity (Wildman–Crippen MR) is 99.4 cm³/mol. The number of halogens is 2. The van der Waals surface area contributed by atoms with Crippen molar-refractivity contribution in [2.75, 3.05) is 26.1 Å². The molecule has 0 heterocycles. The largest absolute Gasteiger partial charge is 0.497 e. The van der Waals surface area contributed by atoms with Crippen LogP contribution >= 0.6 is 23.2 Å². The van der Waals surface area contributed by atoms with E-state index in [1.165, 1.54) is 0 Å². The number of carbonyl (C=O) groups excluding carboxylic acids is 1. The predicted octanol–water partition coefficient (Wildman–Crippen LogP) is 4.81. The number of methoxy groups -OCH3 is 2. The molecule has 2 aromatic carbocycles. The highest BCUT2D eigenvalue weighted by Gasteiger charge is 2.07. The molecular weight excluding hydrogens is 365 g/mol. The summed E-state index contributed by atoms with van der Waals surface area (Å²) >= 11 is 11.9. The molecule has 0 unspecified atom stereocenters. The lowest BCUT2D eigenvalue weighted by atomic mass is 10.2. The van der Waals surface area contributed by atoms with Gasteiger partial charge in [-0.1, -0.05) is 23.2 Å². The molecule has 0 aliphatic carbocycles. The van der Waals surface area contributed by atoms with Crippen LogP contribution in [-0.2, 0) is 4.79 Å². The Bertz CT molecular complexity index is 715. The van der Waals surface area contributed by atoms with Crippen LogP contribution in [0, 0.1) is 0 Å². The van der Waals surface area contributed by atoms with Crippen LogP contribution in [0.3, 0.4) is 0 Å². The highest BCUT2D eigenvalue weighted by Crippen LogP contribution is 2.28. The first-order valence-corrected chi connectivity index (χ1v) is 8.38. The molecule has 1 N–H and O–H groups in total. The highest BCUT2D eigenvalue weighted by molar-refractivity contribution is 6.35. The monoisotopic (exact) mass is 383 g/mol. The Kier molecular flexibility index (Phi) is 7.22. The van der Waals surface area contributed by atoms with Crippen molar-refractivity contribution in [1.82, 2.24) is 0 Å². The van der Waals surface area contributed by atoms with E-state index in [0.717, 1.165) is 0 Å². The van der Waals surface area contributed by atoms with E-state index in [1.807, 2.05) is 0 Å². The van der Waals surface area contributed by atoms with Crippen LogP contribution in [0.25, 0.3) is 0 Å². The summed E-state index contributed by atoms with van der Waals surface area (Å²) in [6.45, 7) is 0.371. The first-order chi connectivity index (χ1) is 12.0. The van der Waals surface area contributed by atoms with Gasteiger partial charge in [-0.05, 0) is 24.6 Å². The van der Waals surface area contributed by atoms with Crippen LogP contribution in [-0.4, -0.2) is 26.7 Å². The van der Waals surface area contributed by atoms with Crippen molar-refractivity contribution in [2.45, 2.75) is 12.8 Å². The number of ether oxygens (including phenoxy) is 3. The van der Waals surface area contributed by atoms with Crippen LogP contribution in [0.4, 0.5) is 5.69 Å². The lowest BCUT2D eigenvalue weighted by Gasteiger charge is -2.10. The molecule has 0 fully saturated rings. The molecule has 0 saturated heterocycles. The Morgan fingerprint density at radius 2 is 1.72 bits per heavy atom. The van der Waals surface area contributed by atoms with E-state index < -0.39 is 0 Å². The normalized spacial score (nSPS) is 10.2. The van der Waals surface area contributed by atoms with Crippen molar-refractivity contribution in [3.05, 3.63) is 46.4 Å². The number of benzene rings is 2. The molecule has 2 rings (SSSR count). The molecule has 0 radical (unpaired) electrons. The Morgan fingerprint density at radius 3 is 2.32 bits per heavy atom. The second-order valence-corrected chi connectivity index (χ2v) is 6.02. The molecule has 0 aliphatic rings. The SMILES string of the molecule is COc1cc(NC(=O)CCCOc2ccc(Cl)cc2Cl)cc(OC)c1. The summed E-state index contributed by atoms with van der Waals surface area (Å²) in [6.07, 6.45) is 0.858. The van der Waals surface area contributed by atoms with E-state index in [1.54, 1.807) is 50.6 Å². The lowest BCUT2D eigenvalue weighted by Crippen LogP contribution is -2.13. The summed E-state index contributed by atoms with van der Waals surface area (Å²) in [4.78, 5) is 12.0. The minimum Gasteiger partial charge on any atom is -0.497 e. The molecule has 0 aliphatic heterocycles. The summed E-state index contributed by atoms with van der Waals surface area (Å²) in [5.41, 5.74) is 0.614. The summed E-state index contributed by atoms with van der Waals surface area (Å²) in [7, 11) is 3.11. The Labute approximate surface area is 156 Å². The number of nitrogens with one attached hydrogen (secondary N) is 1. The van der Waals surface area contributed by atoms with Crippen LogP contribution in [0.5, 0.6) is 17.2 Å². The van der Waals surface area contributed by atoms with Gasteiger partial charge in [-0.3, -0.25) is 4.79 Å². The Hall–Kier alpha value is -2.11. The van der Waals surface area contributed by atoms with E-state index >= 15 is 0 Å². The second kappa shape index (κ2) is 9.39. The number of anilines is 1. The molecule has 2 aromatic rings. The van der Waals surface area contributed by atoms with Crippen molar-refractivity contribution in [3.63, 3.8) is 0 Å². The molecule has 7 heteroatoms. The van der Waals surface area contributed by atoms with Gasteiger partial charge in [0.2, 0.25) is 5.91 Å². The molecule has 0 spiro atoms. The smallest absolute Gasteiger partial charge is 0.224 e. The quantitative estimate of drug-likeness (QED) is 0.664. The number of rotatable bonds is 8. The third-order valence-corrected chi connectivity index (χ3v) is 3.87. The van der Waals surface area contributed by atoms with Gasteiger partial charge in [-0.2, -0.15) is 0 Å². The lowest BCUT2D eigenvalue weighted by molar-refractivity contribution is -0.116. The van der Waals surface area contributed by atoms with E-state index in [4.69, 9.17) is 37.4 Å². The van der Waals surface area contributed by atoms with Crippen molar-refractivity contribution in [2.24, 2.45) is 0 Å². The molecular formula is C18H19Cl2NO4. The zero-order valence-electron chi connectivity index (χ0n) is 14.0. The minimum absolute atomic E-state index is 0.124. The maximum absolute atomic E-state index is 12.0. The molecule has 134 valence electrons. The van der Waals surface area contributed by atoms with Crippen molar-refractivity contribution in [3.8, 4) is 17.2 Å². The fourth-order valence-electron chi connectivity index (χ4n) is 2.11. The fraction of sp³-hybridized carbons (Fsp3) is 0.278. The molecule has 0 saturated carbocycles. The Morgan fingerprint density at radius 1 is 1.04 bits per heavy atom. The van der Waals surface area contributed by atoms with Gasteiger partial charge >= 0.3 is 0 Å². The van der Waals surface area contributed by atoms with E-state index in [9.17, 15) is 4.79 Å². The van der Waals surface area contributed by atoms with E-state index in [0.29, 0.717) is 52.4 Å². The van der Waals surface area contributed by atoms with E-state index in [2.05, 4.69) is 5.32 Å². The number of hydrogen-bond acceptors (Lipinski definition) is 4. The molecule has 25 heavy (non-hydrogen) atoms. The average molecular weight is 384 g/mol. The fourth-order valence-corrected chi connectivity index (χ4v) is 2.57. The highest BCUT2D eigenvalue weighted by atomic mass is 35.5. The molecule has 0 atom stereocenters. The zero-order valence-corrected chi connectivity index (χ0v) is 15.5. The van der Waals surface area contributed by atoms with Gasteiger partial charge in [-0.15, -0.1) is 0 Å². The van der Waals surface area contributed by atoms with Gasteiger partial charge in [-0.25, -0.2) is 0 Å². The van der Waals surface area contributed by atoms with Crippen molar-refractivity contribution >= 4 is 34.8 Å². The molecule has 1 amide bonds. The van der Waals surface area contributed by atoms with Crippen LogP contribution < -0.4 is 19.5 Å². The van der Waals surface area contributed by atoms with Crippen molar-refractivity contribution < 1.29 is 19.0 Å². The van der Waals surface area contributed by atoms with Crippen molar-refractivity contribution in [1.29, 1.82) is 0 Å². The maximum atomic E-state index is 12.0. The third kappa shape index (κ3) is 6.03. The van der Waals surface area contributed by atoms with Gasteiger partial charge in [0.15, 0.2) is 0 Å². The van der Waals surface area contributed by atoms with Gasteiger partial charge < -0.3 is 19.5 Å². The first kappa shape index (κ1) is 19.2. The molecule has 0 bridgehead atoms. The summed E-state index contributed by atoms with van der Waals surface area (Å²) < 4.78 is 15.9. The number of carbonyl (C=O) groups is 1. The number of hydrogen-bond donors (Lipinski definition) is 1. The second-order valence-electron chi connectivity index (χ2n) is 5.18. The van der Waals surface area contributed by atoms with Crippen LogP contribution in [0.2, 0.25) is 10.0 Å². The summed E-state index contributed by atoms with van der Waals surface area (Å²) in [6, 6.07) is 10.2. The average Bonchev–Trinajstić information content (AvgIpc) is 2.59. The summed E-state index contributed by atoms with van der Waals surface area (Å²) in [5, 5.41) is 3.80. The van der Waals surface area contributed by atoms with Gasteiger partial charge in [0.05, 0.1) is 25.8 Å². The van der Waals surface area contributed by atoms with E-state index in [-0.39, 0.29) is 5.91 Å². The molecule has 5 nitrogen and oxygen atoms in total. The molecule has 0 aromatic heterocycles.